The van der Waals surface area contributed by atoms with E-state index in [4.69, 9.17) is 9.15 Å². The number of cyclic esters (lactones) is 1. The van der Waals surface area contributed by atoms with Gasteiger partial charge in [0.15, 0.2) is 6.10 Å². The molecule has 112 valence electrons. The summed E-state index contributed by atoms with van der Waals surface area (Å²) in [7, 11) is 0. The maximum absolute atomic E-state index is 12.0. The Kier molecular flexibility index (Phi) is 3.19. The molecule has 4 nitrogen and oxygen atoms in total. The molecule has 1 amide bonds. The molecule has 0 bridgehead atoms. The third-order valence-electron chi connectivity index (χ3n) is 3.96. The second-order valence-electron chi connectivity index (χ2n) is 6.49. The normalized spacial score (nSPS) is 19.3. The summed E-state index contributed by atoms with van der Waals surface area (Å²) in [5.41, 5.74) is 1.84. The first-order valence-corrected chi connectivity index (χ1v) is 7.39. The zero-order valence-corrected chi connectivity index (χ0v) is 13.0. The molecule has 1 aliphatic heterocycles. The van der Waals surface area contributed by atoms with Crippen molar-refractivity contribution in [1.82, 2.24) is 4.90 Å². The van der Waals surface area contributed by atoms with Crippen molar-refractivity contribution in [1.29, 1.82) is 0 Å². The second-order valence-corrected chi connectivity index (χ2v) is 6.49. The monoisotopic (exact) mass is 287 g/mol. The Morgan fingerprint density at radius 1 is 1.33 bits per heavy atom. The van der Waals surface area contributed by atoms with Crippen LogP contribution < -0.4 is 0 Å². The lowest BCUT2D eigenvalue weighted by Crippen LogP contribution is -2.41. The average Bonchev–Trinajstić information content (AvgIpc) is 3.00. The average molecular weight is 287 g/mol. The molecule has 2 heterocycles. The van der Waals surface area contributed by atoms with Crippen molar-refractivity contribution in [2.24, 2.45) is 0 Å². The van der Waals surface area contributed by atoms with E-state index in [2.05, 4.69) is 13.0 Å². The minimum absolute atomic E-state index is 0.244. The van der Waals surface area contributed by atoms with E-state index in [1.807, 2.05) is 39.0 Å². The Bertz CT molecular complexity index is 681. The molecular weight excluding hydrogens is 266 g/mol. The number of para-hydroxylation sites is 1. The maximum Gasteiger partial charge on any atom is 0.411 e. The Labute approximate surface area is 124 Å². The highest BCUT2D eigenvalue weighted by Gasteiger charge is 2.40. The lowest BCUT2D eigenvalue weighted by atomic mass is 10.1. The quantitative estimate of drug-likeness (QED) is 0.827. The van der Waals surface area contributed by atoms with Crippen molar-refractivity contribution in [3.63, 3.8) is 0 Å². The highest BCUT2D eigenvalue weighted by atomic mass is 16.6. The fraction of sp³-hybridized carbons (Fsp3) is 0.471. The van der Waals surface area contributed by atoms with Gasteiger partial charge in [0.05, 0.1) is 6.54 Å². The minimum atomic E-state index is -0.325. The van der Waals surface area contributed by atoms with Crippen molar-refractivity contribution in [2.45, 2.75) is 45.8 Å². The van der Waals surface area contributed by atoms with Gasteiger partial charge in [-0.1, -0.05) is 25.1 Å². The van der Waals surface area contributed by atoms with Crippen LogP contribution in [0.4, 0.5) is 4.79 Å². The number of ether oxygens (including phenoxy) is 1. The van der Waals surface area contributed by atoms with Crippen molar-refractivity contribution < 1.29 is 13.9 Å². The molecule has 0 N–H and O–H groups in total. The Balaban J connectivity index is 1.94. The molecule has 0 spiro atoms. The minimum Gasteiger partial charge on any atom is -0.457 e. The molecule has 0 radical (unpaired) electrons. The molecule has 1 aliphatic rings. The SMILES string of the molecule is CCc1cccc2cc([C@H]3CN(C(C)(C)C)C(=O)O3)oc12. The number of rotatable bonds is 2. The van der Waals surface area contributed by atoms with Gasteiger partial charge in [-0.25, -0.2) is 4.79 Å². The molecule has 4 heteroatoms. The lowest BCUT2D eigenvalue weighted by Gasteiger charge is -2.28. The van der Waals surface area contributed by atoms with Gasteiger partial charge in [-0.2, -0.15) is 0 Å². The molecule has 1 aromatic carbocycles. The molecule has 2 aromatic rings. The van der Waals surface area contributed by atoms with Gasteiger partial charge >= 0.3 is 6.09 Å². The number of fused-ring (bicyclic) bond motifs is 1. The van der Waals surface area contributed by atoms with Crippen LogP contribution in [0.15, 0.2) is 28.7 Å². The third-order valence-corrected chi connectivity index (χ3v) is 3.96. The van der Waals surface area contributed by atoms with E-state index in [0.29, 0.717) is 6.54 Å². The first kappa shape index (κ1) is 14.0. The van der Waals surface area contributed by atoms with Gasteiger partial charge in [-0.3, -0.25) is 4.90 Å². The number of carbonyl (C=O) groups excluding carboxylic acids is 1. The topological polar surface area (TPSA) is 42.7 Å². The van der Waals surface area contributed by atoms with Gasteiger partial charge in [0.1, 0.15) is 11.3 Å². The van der Waals surface area contributed by atoms with E-state index in [9.17, 15) is 4.79 Å². The number of amides is 1. The maximum atomic E-state index is 12.0. The summed E-state index contributed by atoms with van der Waals surface area (Å²) in [6.45, 7) is 8.65. The Hall–Kier alpha value is -1.97. The fourth-order valence-corrected chi connectivity index (χ4v) is 2.74. The first-order chi connectivity index (χ1) is 9.90. The molecule has 1 atom stereocenters. The van der Waals surface area contributed by atoms with Crippen LogP contribution >= 0.6 is 0 Å². The molecule has 1 saturated heterocycles. The zero-order chi connectivity index (χ0) is 15.2. The standard InChI is InChI=1S/C17H21NO3/c1-5-11-7-6-8-12-9-13(20-15(11)12)14-10-18(16(19)21-14)17(2,3)4/h6-9,14H,5,10H2,1-4H3/t14-/m1/s1. The third kappa shape index (κ3) is 2.39. The van der Waals surface area contributed by atoms with Gasteiger partial charge < -0.3 is 9.15 Å². The van der Waals surface area contributed by atoms with Crippen LogP contribution in [-0.4, -0.2) is 23.1 Å². The molecule has 1 fully saturated rings. The van der Waals surface area contributed by atoms with Crippen LogP contribution in [0.1, 0.15) is 45.1 Å². The van der Waals surface area contributed by atoms with Crippen molar-refractivity contribution in [2.75, 3.05) is 6.54 Å². The number of aryl methyl sites for hydroxylation is 1. The second kappa shape index (κ2) is 4.79. The Morgan fingerprint density at radius 2 is 2.10 bits per heavy atom. The molecule has 0 aliphatic carbocycles. The van der Waals surface area contributed by atoms with Crippen molar-refractivity contribution in [3.05, 3.63) is 35.6 Å². The highest BCUT2D eigenvalue weighted by Crippen LogP contribution is 2.34. The van der Waals surface area contributed by atoms with E-state index in [1.165, 1.54) is 5.56 Å². The fourth-order valence-electron chi connectivity index (χ4n) is 2.74. The molecule has 21 heavy (non-hydrogen) atoms. The van der Waals surface area contributed by atoms with Crippen LogP contribution in [-0.2, 0) is 11.2 Å². The molecule has 0 unspecified atom stereocenters. The molecule has 1 aromatic heterocycles. The number of hydrogen-bond donors (Lipinski definition) is 0. The van der Waals surface area contributed by atoms with Gasteiger partial charge in [-0.05, 0) is 38.8 Å². The zero-order valence-electron chi connectivity index (χ0n) is 13.0. The van der Waals surface area contributed by atoms with Crippen molar-refractivity contribution >= 4 is 17.1 Å². The van der Waals surface area contributed by atoms with Crippen molar-refractivity contribution in [3.8, 4) is 0 Å². The summed E-state index contributed by atoms with van der Waals surface area (Å²) in [5, 5.41) is 1.06. The number of benzene rings is 1. The summed E-state index contributed by atoms with van der Waals surface area (Å²) in [6, 6.07) is 8.11. The van der Waals surface area contributed by atoms with E-state index in [1.54, 1.807) is 4.90 Å². The summed E-state index contributed by atoms with van der Waals surface area (Å²) in [4.78, 5) is 13.7. The largest absolute Gasteiger partial charge is 0.457 e. The van der Waals surface area contributed by atoms with Crippen LogP contribution in [0.5, 0.6) is 0 Å². The lowest BCUT2D eigenvalue weighted by molar-refractivity contribution is 0.114. The van der Waals surface area contributed by atoms with Crippen LogP contribution in [0.2, 0.25) is 0 Å². The molecular formula is C17H21NO3. The number of carbonyl (C=O) groups is 1. The predicted octanol–water partition coefficient (Wildman–Crippen LogP) is 4.29. The van der Waals surface area contributed by atoms with Crippen LogP contribution in [0.25, 0.3) is 11.0 Å². The summed E-state index contributed by atoms with van der Waals surface area (Å²) < 4.78 is 11.5. The van der Waals surface area contributed by atoms with Crippen LogP contribution in [0.3, 0.4) is 0 Å². The predicted molar refractivity (Wildman–Crippen MR) is 81.3 cm³/mol. The number of hydrogen-bond acceptors (Lipinski definition) is 3. The van der Waals surface area contributed by atoms with Crippen LogP contribution in [0, 0.1) is 0 Å². The summed E-state index contributed by atoms with van der Waals surface area (Å²) in [5.74, 6) is 0.728. The van der Waals surface area contributed by atoms with Gasteiger partial charge in [0.2, 0.25) is 0 Å². The smallest absolute Gasteiger partial charge is 0.411 e. The van der Waals surface area contributed by atoms with E-state index in [-0.39, 0.29) is 17.7 Å². The number of nitrogens with zero attached hydrogens (tertiary/aromatic N) is 1. The van der Waals surface area contributed by atoms with E-state index >= 15 is 0 Å². The van der Waals surface area contributed by atoms with Gasteiger partial charge in [0, 0.05) is 10.9 Å². The van der Waals surface area contributed by atoms with Gasteiger partial charge in [-0.15, -0.1) is 0 Å². The van der Waals surface area contributed by atoms with Gasteiger partial charge in [0.25, 0.3) is 0 Å². The molecule has 0 saturated carbocycles. The summed E-state index contributed by atoms with van der Waals surface area (Å²) in [6.07, 6.45) is 0.320. The molecule has 3 rings (SSSR count). The first-order valence-electron chi connectivity index (χ1n) is 7.39. The Morgan fingerprint density at radius 3 is 2.71 bits per heavy atom. The summed E-state index contributed by atoms with van der Waals surface area (Å²) >= 11 is 0. The van der Waals surface area contributed by atoms with E-state index < -0.39 is 0 Å². The number of furan rings is 1. The van der Waals surface area contributed by atoms with E-state index in [0.717, 1.165) is 23.2 Å². The highest BCUT2D eigenvalue weighted by molar-refractivity contribution is 5.81.